The lowest BCUT2D eigenvalue weighted by Gasteiger charge is -2.15. The molecule has 1 N–H and O–H groups in total. The zero-order valence-corrected chi connectivity index (χ0v) is 20.6. The van der Waals surface area contributed by atoms with Gasteiger partial charge in [-0.25, -0.2) is 4.98 Å². The number of carbonyl (C=O) groups excluding carboxylic acids is 1. The first kappa shape index (κ1) is 23.8. The molecule has 0 bridgehead atoms. The van der Waals surface area contributed by atoms with Crippen molar-refractivity contribution >= 4 is 39.2 Å². The quantitative estimate of drug-likeness (QED) is 0.200. The van der Waals surface area contributed by atoms with E-state index in [0.717, 1.165) is 21.8 Å². The molecule has 4 rings (SSSR count). The fraction of sp³-hybridized carbons (Fsp3) is 0.192. The van der Waals surface area contributed by atoms with E-state index in [1.807, 2.05) is 60.7 Å². The second-order valence-electron chi connectivity index (χ2n) is 7.58. The Morgan fingerprint density at radius 1 is 1.24 bits per heavy atom. The van der Waals surface area contributed by atoms with Gasteiger partial charge in [0.1, 0.15) is 10.6 Å². The van der Waals surface area contributed by atoms with Crippen LogP contribution in [0.25, 0.3) is 20.7 Å². The number of para-hydroxylation sites is 1. The molecule has 0 aliphatic rings. The number of hydrogen-bond donors (Lipinski definition) is 1. The van der Waals surface area contributed by atoms with Gasteiger partial charge in [0.05, 0.1) is 17.7 Å². The van der Waals surface area contributed by atoms with Crippen molar-refractivity contribution in [2.24, 2.45) is 0 Å². The van der Waals surface area contributed by atoms with Gasteiger partial charge in [0.25, 0.3) is 5.56 Å². The molecule has 4 aromatic rings. The van der Waals surface area contributed by atoms with E-state index in [2.05, 4.69) is 11.9 Å². The van der Waals surface area contributed by atoms with Crippen LogP contribution < -0.4 is 15.6 Å². The number of methoxy groups -OCH3 is 1. The van der Waals surface area contributed by atoms with Gasteiger partial charge < -0.3 is 10.1 Å². The summed E-state index contributed by atoms with van der Waals surface area (Å²) in [7, 11) is 1.60. The molecule has 1 unspecified atom stereocenters. The molecule has 8 heteroatoms. The number of rotatable bonds is 9. The van der Waals surface area contributed by atoms with Crippen molar-refractivity contribution in [1.29, 1.82) is 0 Å². The lowest BCUT2D eigenvalue weighted by atomic mass is 10.2. The second-order valence-corrected chi connectivity index (χ2v) is 9.92. The van der Waals surface area contributed by atoms with E-state index in [-0.39, 0.29) is 11.5 Å². The number of fused-ring (bicyclic) bond motifs is 1. The van der Waals surface area contributed by atoms with Gasteiger partial charge in [0.15, 0.2) is 5.16 Å². The molecule has 0 fully saturated rings. The van der Waals surface area contributed by atoms with E-state index in [4.69, 9.17) is 9.72 Å². The average molecular weight is 492 g/mol. The molecule has 2 aromatic carbocycles. The van der Waals surface area contributed by atoms with Gasteiger partial charge in [-0.15, -0.1) is 17.9 Å². The number of thiophene rings is 1. The van der Waals surface area contributed by atoms with Crippen LogP contribution in [0.2, 0.25) is 0 Å². The molecule has 1 atom stereocenters. The van der Waals surface area contributed by atoms with Gasteiger partial charge in [0.2, 0.25) is 5.91 Å². The summed E-state index contributed by atoms with van der Waals surface area (Å²) in [5.74, 6) is 0.577. The van der Waals surface area contributed by atoms with Crippen LogP contribution in [0.15, 0.2) is 83.3 Å². The summed E-state index contributed by atoms with van der Waals surface area (Å²) in [5, 5.41) is 3.57. The fourth-order valence-electron chi connectivity index (χ4n) is 3.51. The zero-order valence-electron chi connectivity index (χ0n) is 19.0. The van der Waals surface area contributed by atoms with Crippen molar-refractivity contribution < 1.29 is 9.53 Å². The fourth-order valence-corrected chi connectivity index (χ4v) is 5.53. The van der Waals surface area contributed by atoms with E-state index in [1.54, 1.807) is 24.7 Å². The van der Waals surface area contributed by atoms with Crippen molar-refractivity contribution in [3.63, 3.8) is 0 Å². The standard InChI is InChI=1S/C26H25N3O3S2/c1-4-14-29-25(31)20-15-22(18-10-6-5-7-11-18)34-24(20)28-26(29)33-17(2)23(30)27-16-19-12-8-9-13-21(19)32-3/h4-13,15,17H,1,14,16H2,2-3H3,(H,27,30). The van der Waals surface area contributed by atoms with Crippen molar-refractivity contribution in [1.82, 2.24) is 14.9 Å². The van der Waals surface area contributed by atoms with Gasteiger partial charge >= 0.3 is 0 Å². The predicted octanol–water partition coefficient (Wildman–Crippen LogP) is 5.12. The predicted molar refractivity (Wildman–Crippen MR) is 140 cm³/mol. The minimum Gasteiger partial charge on any atom is -0.496 e. The van der Waals surface area contributed by atoms with E-state index in [9.17, 15) is 9.59 Å². The highest BCUT2D eigenvalue weighted by atomic mass is 32.2. The van der Waals surface area contributed by atoms with Gasteiger partial charge in [-0.05, 0) is 24.6 Å². The Hall–Kier alpha value is -3.36. The summed E-state index contributed by atoms with van der Waals surface area (Å²) in [4.78, 5) is 32.5. The molecule has 0 aliphatic heterocycles. The smallest absolute Gasteiger partial charge is 0.263 e. The first-order valence-corrected chi connectivity index (χ1v) is 12.5. The van der Waals surface area contributed by atoms with Gasteiger partial charge in [-0.3, -0.25) is 14.2 Å². The molecule has 0 saturated carbocycles. The first-order valence-electron chi connectivity index (χ1n) is 10.8. The van der Waals surface area contributed by atoms with Crippen LogP contribution in [0.1, 0.15) is 12.5 Å². The molecule has 0 aliphatic carbocycles. The molecular formula is C26H25N3O3S2. The molecule has 0 saturated heterocycles. The van der Waals surface area contributed by atoms with Gasteiger partial charge in [-0.1, -0.05) is 66.4 Å². The number of amides is 1. The van der Waals surface area contributed by atoms with Crippen LogP contribution in [0.3, 0.4) is 0 Å². The summed E-state index contributed by atoms with van der Waals surface area (Å²) in [6, 6.07) is 19.4. The third-order valence-corrected chi connectivity index (χ3v) is 7.45. The summed E-state index contributed by atoms with van der Waals surface area (Å²) < 4.78 is 6.93. The number of nitrogens with zero attached hydrogens (tertiary/aromatic N) is 2. The maximum atomic E-state index is 13.3. The van der Waals surface area contributed by atoms with E-state index < -0.39 is 5.25 Å². The van der Waals surface area contributed by atoms with Crippen LogP contribution >= 0.6 is 23.1 Å². The molecule has 6 nitrogen and oxygen atoms in total. The number of hydrogen-bond acceptors (Lipinski definition) is 6. The topological polar surface area (TPSA) is 73.2 Å². The molecule has 1 amide bonds. The van der Waals surface area contributed by atoms with Crippen molar-refractivity contribution in [2.75, 3.05) is 7.11 Å². The minimum absolute atomic E-state index is 0.132. The van der Waals surface area contributed by atoms with Gasteiger partial charge in [-0.2, -0.15) is 0 Å². The Kier molecular flexibility index (Phi) is 7.49. The van der Waals surface area contributed by atoms with Crippen LogP contribution in [0.5, 0.6) is 5.75 Å². The van der Waals surface area contributed by atoms with Crippen LogP contribution in [-0.2, 0) is 17.9 Å². The Labute approximate surface area is 206 Å². The summed E-state index contributed by atoms with van der Waals surface area (Å²) in [5.41, 5.74) is 1.80. The molecule has 0 radical (unpaired) electrons. The Morgan fingerprint density at radius 2 is 1.97 bits per heavy atom. The lowest BCUT2D eigenvalue weighted by molar-refractivity contribution is -0.120. The van der Waals surface area contributed by atoms with Gasteiger partial charge in [0, 0.05) is 23.5 Å². The zero-order chi connectivity index (χ0) is 24.1. The number of thioether (sulfide) groups is 1. The molecular weight excluding hydrogens is 466 g/mol. The third kappa shape index (κ3) is 5.08. The highest BCUT2D eigenvalue weighted by Gasteiger charge is 2.20. The third-order valence-electron chi connectivity index (χ3n) is 5.28. The number of carbonyl (C=O) groups is 1. The number of benzene rings is 2. The summed E-state index contributed by atoms with van der Waals surface area (Å²) in [6.45, 7) is 6.25. The molecule has 2 aromatic heterocycles. The Balaban J connectivity index is 1.58. The first-order chi connectivity index (χ1) is 16.5. The number of nitrogens with one attached hydrogen (secondary N) is 1. The van der Waals surface area contributed by atoms with Crippen LogP contribution in [0, 0.1) is 0 Å². The van der Waals surface area contributed by atoms with Crippen molar-refractivity contribution in [3.8, 4) is 16.2 Å². The molecule has 2 heterocycles. The Morgan fingerprint density at radius 3 is 2.71 bits per heavy atom. The maximum Gasteiger partial charge on any atom is 0.263 e. The molecule has 34 heavy (non-hydrogen) atoms. The van der Waals surface area contributed by atoms with Crippen molar-refractivity contribution in [2.45, 2.75) is 30.4 Å². The van der Waals surface area contributed by atoms with Crippen LogP contribution in [0.4, 0.5) is 0 Å². The summed E-state index contributed by atoms with van der Waals surface area (Å²) in [6.07, 6.45) is 1.66. The monoisotopic (exact) mass is 491 g/mol. The maximum absolute atomic E-state index is 13.3. The number of ether oxygens (including phenoxy) is 1. The summed E-state index contributed by atoms with van der Waals surface area (Å²) >= 11 is 2.74. The van der Waals surface area contributed by atoms with E-state index in [0.29, 0.717) is 28.5 Å². The average Bonchev–Trinajstić information content (AvgIpc) is 3.30. The number of aromatic nitrogens is 2. The highest BCUT2D eigenvalue weighted by molar-refractivity contribution is 8.00. The highest BCUT2D eigenvalue weighted by Crippen LogP contribution is 2.32. The SMILES string of the molecule is C=CCn1c(SC(C)C(=O)NCc2ccccc2OC)nc2sc(-c3ccccc3)cc2c1=O. The normalized spacial score (nSPS) is 11.8. The van der Waals surface area contributed by atoms with Crippen molar-refractivity contribution in [3.05, 3.63) is 89.2 Å². The Bertz CT molecular complexity index is 1380. The lowest BCUT2D eigenvalue weighted by Crippen LogP contribution is -2.31. The van der Waals surface area contributed by atoms with Crippen LogP contribution in [-0.4, -0.2) is 27.8 Å². The van der Waals surface area contributed by atoms with E-state index in [1.165, 1.54) is 23.1 Å². The largest absolute Gasteiger partial charge is 0.496 e. The minimum atomic E-state index is -0.455. The molecule has 174 valence electrons. The number of allylic oxidation sites excluding steroid dienone is 1. The van der Waals surface area contributed by atoms with E-state index >= 15 is 0 Å². The molecule has 0 spiro atoms. The second kappa shape index (κ2) is 10.7.